The number of aliphatic hydroxyl groups is 1. The van der Waals surface area contributed by atoms with Crippen LogP contribution in [0.25, 0.3) is 0 Å². The minimum Gasteiger partial charge on any atom is -0.469 e. The molecule has 1 unspecified atom stereocenters. The molecule has 0 aromatic carbocycles. The van der Waals surface area contributed by atoms with Gasteiger partial charge < -0.3 is 9.84 Å². The predicted molar refractivity (Wildman–Crippen MR) is 106 cm³/mol. The molecule has 2 aliphatic rings. The third-order valence-corrected chi connectivity index (χ3v) is 7.42. The Labute approximate surface area is 162 Å². The van der Waals surface area contributed by atoms with Gasteiger partial charge in [-0.2, -0.15) is 0 Å². The summed E-state index contributed by atoms with van der Waals surface area (Å²) < 4.78 is 4.63. The van der Waals surface area contributed by atoms with Gasteiger partial charge in [-0.3, -0.25) is 9.59 Å². The van der Waals surface area contributed by atoms with Crippen LogP contribution in [-0.2, 0) is 14.3 Å². The van der Waals surface area contributed by atoms with Crippen LogP contribution in [0.1, 0.15) is 77.6 Å². The molecule has 26 heavy (non-hydrogen) atoms. The quantitative estimate of drug-likeness (QED) is 0.339. The average Bonchev–Trinajstić information content (AvgIpc) is 2.91. The molecule has 0 aromatic heterocycles. The number of hydrogen-bond donors (Lipinski definition) is 1. The fourth-order valence-corrected chi connectivity index (χ4v) is 6.03. The molecule has 2 fully saturated rings. The molecule has 1 N–H and O–H groups in total. The highest BCUT2D eigenvalue weighted by molar-refractivity contribution is 8.01. The van der Waals surface area contributed by atoms with Gasteiger partial charge in [0.15, 0.2) is 0 Å². The van der Waals surface area contributed by atoms with Crippen LogP contribution in [0.4, 0.5) is 0 Å². The number of methoxy groups -OCH3 is 1. The Kier molecular flexibility index (Phi) is 8.68. The van der Waals surface area contributed by atoms with Gasteiger partial charge in [-0.15, -0.1) is 11.8 Å². The van der Waals surface area contributed by atoms with Crippen LogP contribution >= 0.6 is 11.8 Å². The maximum Gasteiger partial charge on any atom is 0.305 e. The molecule has 0 spiro atoms. The molecule has 0 amide bonds. The molecule has 0 aromatic rings. The zero-order chi connectivity index (χ0) is 19.0. The lowest BCUT2D eigenvalue weighted by atomic mass is 9.86. The van der Waals surface area contributed by atoms with E-state index >= 15 is 0 Å². The van der Waals surface area contributed by atoms with Crippen molar-refractivity contribution < 1.29 is 19.4 Å². The van der Waals surface area contributed by atoms with Gasteiger partial charge in [-0.05, 0) is 50.9 Å². The summed E-state index contributed by atoms with van der Waals surface area (Å²) in [5.74, 6) is 0.727. The molecule has 148 valence electrons. The molecule has 1 saturated carbocycles. The molecule has 4 nitrogen and oxygen atoms in total. The van der Waals surface area contributed by atoms with Crippen LogP contribution in [0.5, 0.6) is 0 Å². The molecule has 0 radical (unpaired) electrons. The highest BCUT2D eigenvalue weighted by atomic mass is 32.2. The summed E-state index contributed by atoms with van der Waals surface area (Å²) in [6, 6.07) is 0. The van der Waals surface area contributed by atoms with E-state index in [9.17, 15) is 14.7 Å². The third-order valence-electron chi connectivity index (χ3n) is 5.76. The zero-order valence-electron chi connectivity index (χ0n) is 16.2. The van der Waals surface area contributed by atoms with Crippen molar-refractivity contribution in [2.75, 3.05) is 7.11 Å². The SMILES string of the molecule is CCCCCC1(O)CC[C@H]2[C@@H](CC(=O)[C@@H]2CC=CCCCC(=O)OC)S1. The number of Topliss-reactive ketones (excluding diaryl/α,β-unsaturated/α-hetero) is 1. The first-order valence-corrected chi connectivity index (χ1v) is 11.0. The summed E-state index contributed by atoms with van der Waals surface area (Å²) in [4.78, 5) is 22.9. The minimum atomic E-state index is -0.616. The Bertz CT molecular complexity index is 504. The molecule has 1 saturated heterocycles. The number of thioether (sulfide) groups is 1. The van der Waals surface area contributed by atoms with E-state index in [-0.39, 0.29) is 11.9 Å². The van der Waals surface area contributed by atoms with E-state index in [0.717, 1.165) is 44.9 Å². The molecular weight excluding hydrogens is 348 g/mol. The Morgan fingerprint density at radius 3 is 2.88 bits per heavy atom. The van der Waals surface area contributed by atoms with Crippen LogP contribution in [0.15, 0.2) is 12.2 Å². The van der Waals surface area contributed by atoms with Crippen molar-refractivity contribution in [1.29, 1.82) is 0 Å². The number of carbonyl (C=O) groups is 2. The van der Waals surface area contributed by atoms with Gasteiger partial charge in [0.2, 0.25) is 0 Å². The van der Waals surface area contributed by atoms with E-state index in [1.54, 1.807) is 11.8 Å². The lowest BCUT2D eigenvalue weighted by Crippen LogP contribution is -2.36. The van der Waals surface area contributed by atoms with E-state index in [1.165, 1.54) is 20.0 Å². The van der Waals surface area contributed by atoms with Crippen LogP contribution in [0.2, 0.25) is 0 Å². The zero-order valence-corrected chi connectivity index (χ0v) is 17.1. The molecule has 1 aliphatic heterocycles. The van der Waals surface area contributed by atoms with Gasteiger partial charge in [0.25, 0.3) is 0 Å². The summed E-state index contributed by atoms with van der Waals surface area (Å²) in [5.41, 5.74) is 0. The van der Waals surface area contributed by atoms with E-state index < -0.39 is 4.93 Å². The van der Waals surface area contributed by atoms with Gasteiger partial charge >= 0.3 is 5.97 Å². The van der Waals surface area contributed by atoms with Crippen LogP contribution in [0.3, 0.4) is 0 Å². The number of unbranched alkanes of at least 4 members (excludes halogenated alkanes) is 3. The molecule has 0 bridgehead atoms. The van der Waals surface area contributed by atoms with Gasteiger partial charge in [0, 0.05) is 24.0 Å². The fourth-order valence-electron chi connectivity index (χ4n) is 4.22. The number of rotatable bonds is 10. The highest BCUT2D eigenvalue weighted by Crippen LogP contribution is 2.52. The first kappa shape index (κ1) is 21.5. The second-order valence-electron chi connectivity index (χ2n) is 7.71. The number of carbonyl (C=O) groups excluding carboxylic acids is 2. The van der Waals surface area contributed by atoms with Crippen LogP contribution in [0, 0.1) is 11.8 Å². The number of allylic oxidation sites excluding steroid dienone is 2. The van der Waals surface area contributed by atoms with Gasteiger partial charge in [0.1, 0.15) is 10.7 Å². The molecular formula is C21H34O4S. The number of ketones is 1. The normalized spacial score (nSPS) is 31.3. The lowest BCUT2D eigenvalue weighted by Gasteiger charge is -2.39. The standard InChI is InChI=1S/C21H34O4S/c1-3-4-9-13-21(24)14-12-17-16(18(22)15-19(17)26-21)10-7-5-6-8-11-20(23)25-2/h5,7,16-17,19,24H,3-4,6,8-15H2,1-2H3/t16-,17-,19-,21?/m1/s1. The van der Waals surface area contributed by atoms with Gasteiger partial charge in [0.05, 0.1) is 7.11 Å². The van der Waals surface area contributed by atoms with Gasteiger partial charge in [-0.1, -0.05) is 31.9 Å². The van der Waals surface area contributed by atoms with Crippen molar-refractivity contribution in [2.24, 2.45) is 11.8 Å². The van der Waals surface area contributed by atoms with Crippen molar-refractivity contribution in [1.82, 2.24) is 0 Å². The highest BCUT2D eigenvalue weighted by Gasteiger charge is 2.49. The Balaban J connectivity index is 1.77. The van der Waals surface area contributed by atoms with E-state index in [4.69, 9.17) is 0 Å². The maximum atomic E-state index is 12.5. The minimum absolute atomic E-state index is 0.115. The molecule has 4 atom stereocenters. The Morgan fingerprint density at radius 2 is 2.15 bits per heavy atom. The first-order valence-electron chi connectivity index (χ1n) is 10.1. The molecule has 5 heteroatoms. The Morgan fingerprint density at radius 1 is 1.35 bits per heavy atom. The molecule has 2 rings (SSSR count). The topological polar surface area (TPSA) is 63.6 Å². The number of hydrogen-bond acceptors (Lipinski definition) is 5. The molecule has 1 heterocycles. The van der Waals surface area contributed by atoms with E-state index in [0.29, 0.717) is 29.8 Å². The lowest BCUT2D eigenvalue weighted by molar-refractivity contribution is -0.140. The van der Waals surface area contributed by atoms with Crippen molar-refractivity contribution in [3.63, 3.8) is 0 Å². The number of fused-ring (bicyclic) bond motifs is 1. The van der Waals surface area contributed by atoms with E-state index in [2.05, 4.69) is 23.8 Å². The largest absolute Gasteiger partial charge is 0.469 e. The second-order valence-corrected chi connectivity index (χ2v) is 9.32. The van der Waals surface area contributed by atoms with Crippen LogP contribution in [-0.4, -0.2) is 34.2 Å². The summed E-state index contributed by atoms with van der Waals surface area (Å²) in [5, 5.41) is 11.1. The van der Waals surface area contributed by atoms with Crippen molar-refractivity contribution in [3.8, 4) is 0 Å². The summed E-state index contributed by atoms with van der Waals surface area (Å²) >= 11 is 1.67. The van der Waals surface area contributed by atoms with Gasteiger partial charge in [-0.25, -0.2) is 0 Å². The van der Waals surface area contributed by atoms with Crippen molar-refractivity contribution >= 4 is 23.5 Å². The number of ether oxygens (including phenoxy) is 1. The maximum absolute atomic E-state index is 12.5. The summed E-state index contributed by atoms with van der Waals surface area (Å²) in [7, 11) is 1.41. The monoisotopic (exact) mass is 382 g/mol. The van der Waals surface area contributed by atoms with Crippen molar-refractivity contribution in [3.05, 3.63) is 12.2 Å². The summed E-state index contributed by atoms with van der Waals surface area (Å²) in [6.45, 7) is 2.18. The summed E-state index contributed by atoms with van der Waals surface area (Å²) in [6.07, 6.45) is 13.7. The number of esters is 1. The Hall–Kier alpha value is -0.810. The fraction of sp³-hybridized carbons (Fsp3) is 0.810. The first-order chi connectivity index (χ1) is 12.5. The van der Waals surface area contributed by atoms with Crippen molar-refractivity contribution in [2.45, 2.75) is 87.7 Å². The second kappa shape index (κ2) is 10.5. The van der Waals surface area contributed by atoms with Crippen LogP contribution < -0.4 is 0 Å². The average molecular weight is 383 g/mol. The molecule has 1 aliphatic carbocycles. The predicted octanol–water partition coefficient (Wildman–Crippen LogP) is 4.65. The third kappa shape index (κ3) is 6.12. The smallest absolute Gasteiger partial charge is 0.305 e. The van der Waals surface area contributed by atoms with E-state index in [1.807, 2.05) is 0 Å².